The Morgan fingerprint density at radius 1 is 1.03 bits per heavy atom. The molecule has 0 radical (unpaired) electrons. The largest absolute Gasteiger partial charge is 0.335 e. The van der Waals surface area contributed by atoms with Crippen LogP contribution in [0.25, 0.3) is 10.1 Å². The van der Waals surface area contributed by atoms with Crippen molar-refractivity contribution in [3.63, 3.8) is 0 Å². The molecule has 35 heavy (non-hydrogen) atoms. The summed E-state index contributed by atoms with van der Waals surface area (Å²) in [5.41, 5.74) is 0.890. The van der Waals surface area contributed by atoms with E-state index in [4.69, 9.17) is 11.6 Å². The first-order valence-corrected chi connectivity index (χ1v) is 13.6. The van der Waals surface area contributed by atoms with E-state index in [1.54, 1.807) is 9.80 Å². The topological polar surface area (TPSA) is 78.0 Å². The third-order valence-corrected chi connectivity index (χ3v) is 9.73. The van der Waals surface area contributed by atoms with Gasteiger partial charge >= 0.3 is 0 Å². The summed E-state index contributed by atoms with van der Waals surface area (Å²) in [6.07, 6.45) is 3.68. The maximum Gasteiger partial charge on any atom is 0.264 e. The van der Waals surface area contributed by atoms with Gasteiger partial charge in [0, 0.05) is 28.7 Å². The molecule has 4 heterocycles. The van der Waals surface area contributed by atoms with E-state index >= 15 is 0 Å². The first-order chi connectivity index (χ1) is 16.8. The number of fused-ring (bicyclic) bond motifs is 2. The van der Waals surface area contributed by atoms with E-state index < -0.39 is 12.0 Å². The van der Waals surface area contributed by atoms with Gasteiger partial charge in [0.05, 0.1) is 22.9 Å². The molecule has 0 unspecified atom stereocenters. The zero-order chi connectivity index (χ0) is 24.6. The van der Waals surface area contributed by atoms with E-state index in [-0.39, 0.29) is 41.6 Å². The fourth-order valence-electron chi connectivity index (χ4n) is 6.25. The minimum absolute atomic E-state index is 0.0305. The molecule has 4 atom stereocenters. The molecule has 9 heteroatoms. The number of hydrogen-bond acceptors (Lipinski definition) is 5. The number of carbonyl (C=O) groups is 4. The summed E-state index contributed by atoms with van der Waals surface area (Å²) in [7, 11) is 0. The number of amides is 4. The monoisotopic (exact) mass is 513 g/mol. The number of nitrogens with zero attached hydrogens (tertiary/aromatic N) is 3. The van der Waals surface area contributed by atoms with Crippen molar-refractivity contribution in [2.45, 2.75) is 64.1 Å². The molecule has 0 N–H and O–H groups in total. The molecule has 2 aromatic rings. The summed E-state index contributed by atoms with van der Waals surface area (Å²) in [4.78, 5) is 58.9. The highest BCUT2D eigenvalue weighted by atomic mass is 35.5. The summed E-state index contributed by atoms with van der Waals surface area (Å²) >= 11 is 7.61. The smallest absolute Gasteiger partial charge is 0.264 e. The van der Waals surface area contributed by atoms with Crippen molar-refractivity contribution >= 4 is 56.7 Å². The highest BCUT2D eigenvalue weighted by molar-refractivity contribution is 7.21. The summed E-state index contributed by atoms with van der Waals surface area (Å²) in [6, 6.07) is 4.55. The second kappa shape index (κ2) is 8.30. The van der Waals surface area contributed by atoms with E-state index in [1.807, 2.05) is 32.0 Å². The zero-order valence-electron chi connectivity index (χ0n) is 19.8. The third-order valence-electron chi connectivity index (χ3n) is 8.23. The van der Waals surface area contributed by atoms with Crippen molar-refractivity contribution in [1.29, 1.82) is 0 Å². The van der Waals surface area contributed by atoms with Gasteiger partial charge in [0.15, 0.2) is 0 Å². The summed E-state index contributed by atoms with van der Waals surface area (Å²) < 4.78 is 0.999. The molecular formula is C26H28ClN3O4S. The van der Waals surface area contributed by atoms with Gasteiger partial charge in [-0.25, -0.2) is 0 Å². The fourth-order valence-corrected chi connectivity index (χ4v) is 7.57. The van der Waals surface area contributed by atoms with Crippen molar-refractivity contribution in [3.8, 4) is 0 Å². The molecule has 6 rings (SSSR count). The van der Waals surface area contributed by atoms with Crippen LogP contribution >= 0.6 is 22.9 Å². The number of benzene rings is 1. The Bertz CT molecular complexity index is 1270. The standard InChI is InChI=1S/C26H28ClN3O4S/c1-13-17-12-16(27)7-8-20(17)35-22(13)26(34)28-10-3-4-19(28)25(33)29-11-9-18-21(29)14(2)23(31)30(18)24(32)15-5-6-15/h7-8,12,14-15,18-19,21H,3-6,9-11H2,1-2H3/t14-,18-,19-,21+/m0/s1. The zero-order valence-corrected chi connectivity index (χ0v) is 21.4. The van der Waals surface area contributed by atoms with Gasteiger partial charge in [-0.05, 0) is 68.2 Å². The highest BCUT2D eigenvalue weighted by Crippen LogP contribution is 2.42. The third kappa shape index (κ3) is 3.51. The van der Waals surface area contributed by atoms with Gasteiger partial charge in [-0.15, -0.1) is 11.3 Å². The first kappa shape index (κ1) is 23.0. The maximum absolute atomic E-state index is 13.8. The van der Waals surface area contributed by atoms with Crippen LogP contribution in [-0.4, -0.2) is 69.5 Å². The number of rotatable bonds is 3. The van der Waals surface area contributed by atoms with Gasteiger partial charge in [-0.2, -0.15) is 0 Å². The highest BCUT2D eigenvalue weighted by Gasteiger charge is 2.57. The van der Waals surface area contributed by atoms with Crippen LogP contribution in [0.15, 0.2) is 18.2 Å². The molecule has 4 fully saturated rings. The van der Waals surface area contributed by atoms with Crippen LogP contribution in [-0.2, 0) is 14.4 Å². The van der Waals surface area contributed by atoms with E-state index in [2.05, 4.69) is 0 Å². The number of halogens is 1. The van der Waals surface area contributed by atoms with Gasteiger partial charge in [0.2, 0.25) is 17.7 Å². The van der Waals surface area contributed by atoms with E-state index in [0.717, 1.165) is 34.9 Å². The number of thiophene rings is 1. The van der Waals surface area contributed by atoms with E-state index in [1.165, 1.54) is 16.2 Å². The Morgan fingerprint density at radius 2 is 1.80 bits per heavy atom. The lowest BCUT2D eigenvalue weighted by molar-refractivity contribution is -0.146. The molecule has 0 spiro atoms. The predicted octanol–water partition coefficient (Wildman–Crippen LogP) is 3.85. The van der Waals surface area contributed by atoms with Crippen molar-refractivity contribution in [1.82, 2.24) is 14.7 Å². The molecule has 4 amide bonds. The van der Waals surface area contributed by atoms with Gasteiger partial charge in [0.1, 0.15) is 6.04 Å². The average molecular weight is 514 g/mol. The molecule has 3 saturated heterocycles. The molecule has 184 valence electrons. The molecular weight excluding hydrogens is 486 g/mol. The van der Waals surface area contributed by atoms with Crippen LogP contribution in [0.4, 0.5) is 0 Å². The number of hydrogen-bond donors (Lipinski definition) is 0. The second-order valence-corrected chi connectivity index (χ2v) is 11.8. The number of likely N-dealkylation sites (tertiary alicyclic amines) is 3. The number of carbonyl (C=O) groups excluding carboxylic acids is 4. The van der Waals surface area contributed by atoms with E-state index in [0.29, 0.717) is 35.8 Å². The Hall–Kier alpha value is -2.45. The summed E-state index contributed by atoms with van der Waals surface area (Å²) in [5, 5.41) is 1.60. The van der Waals surface area contributed by atoms with Crippen LogP contribution < -0.4 is 0 Å². The second-order valence-electron chi connectivity index (χ2n) is 10.3. The molecule has 4 aliphatic rings. The molecule has 7 nitrogen and oxygen atoms in total. The Labute approximate surface area is 213 Å². The van der Waals surface area contributed by atoms with Gasteiger partial charge in [-0.1, -0.05) is 18.5 Å². The molecule has 1 aromatic heterocycles. The van der Waals surface area contributed by atoms with Crippen molar-refractivity contribution in [2.24, 2.45) is 11.8 Å². The Kier molecular flexibility index (Phi) is 5.45. The molecule has 0 bridgehead atoms. The first-order valence-electron chi connectivity index (χ1n) is 12.4. The van der Waals surface area contributed by atoms with Gasteiger partial charge in [0.25, 0.3) is 5.91 Å². The van der Waals surface area contributed by atoms with Crippen LogP contribution in [0.3, 0.4) is 0 Å². The predicted molar refractivity (Wildman–Crippen MR) is 133 cm³/mol. The quantitative estimate of drug-likeness (QED) is 0.584. The van der Waals surface area contributed by atoms with Crippen molar-refractivity contribution < 1.29 is 19.2 Å². The lowest BCUT2D eigenvalue weighted by Gasteiger charge is -2.32. The fraction of sp³-hybridized carbons (Fsp3) is 0.538. The average Bonchev–Trinajstić information content (AvgIpc) is 3.18. The molecule has 1 aliphatic carbocycles. The summed E-state index contributed by atoms with van der Waals surface area (Å²) in [6.45, 7) is 4.80. The van der Waals surface area contributed by atoms with Crippen LogP contribution in [0.2, 0.25) is 5.02 Å². The van der Waals surface area contributed by atoms with Gasteiger partial charge in [-0.3, -0.25) is 24.1 Å². The lowest BCUT2D eigenvalue weighted by atomic mass is 10.0. The number of imide groups is 1. The van der Waals surface area contributed by atoms with Crippen molar-refractivity contribution in [3.05, 3.63) is 33.7 Å². The maximum atomic E-state index is 13.8. The summed E-state index contributed by atoms with van der Waals surface area (Å²) in [5.74, 6) is -0.876. The SMILES string of the molecule is Cc1c(C(=O)N2CCC[C@H]2C(=O)N2CC[C@H]3[C@H]2[C@H](C)C(=O)N3C(=O)C2CC2)sc2ccc(Cl)cc12. The molecule has 3 aliphatic heterocycles. The minimum Gasteiger partial charge on any atom is -0.335 e. The van der Waals surface area contributed by atoms with E-state index in [9.17, 15) is 19.2 Å². The number of aryl methyl sites for hydroxylation is 1. The van der Waals surface area contributed by atoms with Crippen LogP contribution in [0, 0.1) is 18.8 Å². The van der Waals surface area contributed by atoms with Gasteiger partial charge < -0.3 is 9.80 Å². The Morgan fingerprint density at radius 3 is 2.54 bits per heavy atom. The minimum atomic E-state index is -0.537. The normalized spacial score (nSPS) is 28.3. The lowest BCUT2D eigenvalue weighted by Crippen LogP contribution is -2.51. The molecule has 1 saturated carbocycles. The Balaban J connectivity index is 1.25. The molecule has 1 aromatic carbocycles. The van der Waals surface area contributed by atoms with Crippen molar-refractivity contribution in [2.75, 3.05) is 13.1 Å². The van der Waals surface area contributed by atoms with Crippen LogP contribution in [0.1, 0.15) is 54.3 Å². The van der Waals surface area contributed by atoms with Crippen LogP contribution in [0.5, 0.6) is 0 Å².